The van der Waals surface area contributed by atoms with Crippen LogP contribution in [0.5, 0.6) is 0 Å². The molecule has 1 aromatic rings. The fraction of sp³-hybridized carbons (Fsp3) is 0.733. The molecule has 2 N–H and O–H groups in total. The molecule has 0 bridgehead atoms. The number of nitrogens with zero attached hydrogens (tertiary/aromatic N) is 1. The molecular weight excluding hydrogens is 238 g/mol. The maximum atomic E-state index is 11.5. The van der Waals surface area contributed by atoms with Gasteiger partial charge in [0.05, 0.1) is 0 Å². The Morgan fingerprint density at radius 3 is 2.79 bits per heavy atom. The second-order valence-corrected chi connectivity index (χ2v) is 6.01. The zero-order chi connectivity index (χ0) is 13.1. The highest BCUT2D eigenvalue weighted by atomic mass is 16.1. The lowest BCUT2D eigenvalue weighted by Gasteiger charge is -2.10. The molecule has 0 spiro atoms. The van der Waals surface area contributed by atoms with E-state index in [-0.39, 0.29) is 5.56 Å². The van der Waals surface area contributed by atoms with Crippen molar-refractivity contribution < 1.29 is 0 Å². The summed E-state index contributed by atoms with van der Waals surface area (Å²) in [4.78, 5) is 18.9. The molecule has 19 heavy (non-hydrogen) atoms. The van der Waals surface area contributed by atoms with Crippen molar-refractivity contribution in [3.05, 3.63) is 22.2 Å². The van der Waals surface area contributed by atoms with Gasteiger partial charge >= 0.3 is 0 Å². The first-order valence-corrected chi connectivity index (χ1v) is 7.66. The third kappa shape index (κ3) is 3.58. The van der Waals surface area contributed by atoms with Gasteiger partial charge in [-0.05, 0) is 31.6 Å². The van der Waals surface area contributed by atoms with Gasteiger partial charge in [0.15, 0.2) is 0 Å². The van der Waals surface area contributed by atoms with Crippen LogP contribution in [0.25, 0.3) is 0 Å². The summed E-state index contributed by atoms with van der Waals surface area (Å²) >= 11 is 0. The number of hydrogen-bond acceptors (Lipinski definition) is 3. The quantitative estimate of drug-likeness (QED) is 0.774. The summed E-state index contributed by atoms with van der Waals surface area (Å²) in [6.07, 6.45) is 10.5. The summed E-state index contributed by atoms with van der Waals surface area (Å²) in [6.45, 7) is 0.928. The lowest BCUT2D eigenvalue weighted by atomic mass is 10.0. The first-order chi connectivity index (χ1) is 9.31. The van der Waals surface area contributed by atoms with Crippen LogP contribution in [0.2, 0.25) is 0 Å². The van der Waals surface area contributed by atoms with Crippen LogP contribution in [0.3, 0.4) is 0 Å². The molecule has 3 rings (SSSR count). The van der Waals surface area contributed by atoms with Gasteiger partial charge in [-0.15, -0.1) is 0 Å². The van der Waals surface area contributed by atoms with Gasteiger partial charge in [-0.25, -0.2) is 4.98 Å². The predicted octanol–water partition coefficient (Wildman–Crippen LogP) is 3.03. The van der Waals surface area contributed by atoms with Crippen molar-refractivity contribution in [1.29, 1.82) is 0 Å². The topological polar surface area (TPSA) is 57.8 Å². The first kappa shape index (κ1) is 12.7. The van der Waals surface area contributed by atoms with E-state index in [2.05, 4.69) is 15.3 Å². The minimum Gasteiger partial charge on any atom is -0.370 e. The van der Waals surface area contributed by atoms with Crippen LogP contribution >= 0.6 is 0 Å². The molecule has 2 fully saturated rings. The average molecular weight is 261 g/mol. The molecule has 0 saturated heterocycles. The van der Waals surface area contributed by atoms with Crippen molar-refractivity contribution in [3.8, 4) is 0 Å². The van der Waals surface area contributed by atoms with Crippen LogP contribution in [-0.4, -0.2) is 16.5 Å². The largest absolute Gasteiger partial charge is 0.370 e. The molecule has 104 valence electrons. The molecular formula is C15H23N3O. The SMILES string of the molecule is O=c1cc(NCCCC2CCCC2)nc(C2CC2)[nH]1. The van der Waals surface area contributed by atoms with Crippen molar-refractivity contribution >= 4 is 5.82 Å². The lowest BCUT2D eigenvalue weighted by molar-refractivity contribution is 0.491. The van der Waals surface area contributed by atoms with Gasteiger partial charge in [-0.2, -0.15) is 0 Å². The zero-order valence-electron chi connectivity index (χ0n) is 11.5. The maximum Gasteiger partial charge on any atom is 0.252 e. The smallest absolute Gasteiger partial charge is 0.252 e. The van der Waals surface area contributed by atoms with E-state index >= 15 is 0 Å². The van der Waals surface area contributed by atoms with E-state index in [0.29, 0.717) is 5.92 Å². The Bertz CT molecular complexity index is 473. The summed E-state index contributed by atoms with van der Waals surface area (Å²) in [5, 5.41) is 3.30. The van der Waals surface area contributed by atoms with Crippen molar-refractivity contribution in [1.82, 2.24) is 9.97 Å². The number of H-pyrrole nitrogens is 1. The van der Waals surface area contributed by atoms with Crippen molar-refractivity contribution in [2.24, 2.45) is 5.92 Å². The number of aromatic amines is 1. The van der Waals surface area contributed by atoms with E-state index in [4.69, 9.17) is 0 Å². The Kier molecular flexibility index (Phi) is 3.85. The molecule has 2 saturated carbocycles. The molecule has 0 amide bonds. The van der Waals surface area contributed by atoms with Gasteiger partial charge < -0.3 is 10.3 Å². The monoisotopic (exact) mass is 261 g/mol. The van der Waals surface area contributed by atoms with E-state index < -0.39 is 0 Å². The maximum absolute atomic E-state index is 11.5. The van der Waals surface area contributed by atoms with E-state index in [0.717, 1.165) is 36.9 Å². The first-order valence-electron chi connectivity index (χ1n) is 7.66. The van der Waals surface area contributed by atoms with E-state index in [1.165, 1.54) is 38.5 Å². The molecule has 4 heteroatoms. The number of anilines is 1. The normalized spacial score (nSPS) is 19.8. The van der Waals surface area contributed by atoms with Gasteiger partial charge in [-0.3, -0.25) is 4.79 Å². The molecule has 4 nitrogen and oxygen atoms in total. The van der Waals surface area contributed by atoms with Gasteiger partial charge in [0.25, 0.3) is 5.56 Å². The predicted molar refractivity (Wildman–Crippen MR) is 76.5 cm³/mol. The number of aromatic nitrogens is 2. The fourth-order valence-corrected chi connectivity index (χ4v) is 3.02. The Morgan fingerprint density at radius 1 is 1.26 bits per heavy atom. The van der Waals surface area contributed by atoms with E-state index in [1.807, 2.05) is 0 Å². The standard InChI is InChI=1S/C15H23N3O/c19-14-10-13(17-15(18-14)12-7-8-12)16-9-3-6-11-4-1-2-5-11/h10-12H,1-9H2,(H2,16,17,18,19). The second-order valence-electron chi connectivity index (χ2n) is 6.01. The van der Waals surface area contributed by atoms with Crippen LogP contribution in [0.15, 0.2) is 10.9 Å². The van der Waals surface area contributed by atoms with Gasteiger partial charge in [0.2, 0.25) is 0 Å². The highest BCUT2D eigenvalue weighted by Crippen LogP contribution is 2.37. The lowest BCUT2D eigenvalue weighted by Crippen LogP contribution is -2.14. The molecule has 0 radical (unpaired) electrons. The molecule has 0 atom stereocenters. The Balaban J connectivity index is 1.47. The Hall–Kier alpha value is -1.32. The summed E-state index contributed by atoms with van der Waals surface area (Å²) < 4.78 is 0. The van der Waals surface area contributed by atoms with Crippen LogP contribution in [0, 0.1) is 5.92 Å². The van der Waals surface area contributed by atoms with Crippen LogP contribution < -0.4 is 10.9 Å². The molecule has 0 aliphatic heterocycles. The summed E-state index contributed by atoms with van der Waals surface area (Å²) in [6, 6.07) is 1.57. The summed E-state index contributed by atoms with van der Waals surface area (Å²) in [7, 11) is 0. The molecule has 0 aromatic carbocycles. The third-order valence-electron chi connectivity index (χ3n) is 4.29. The van der Waals surface area contributed by atoms with Crippen molar-refractivity contribution in [2.45, 2.75) is 57.3 Å². The number of nitrogens with one attached hydrogen (secondary N) is 2. The van der Waals surface area contributed by atoms with E-state index in [1.54, 1.807) is 6.07 Å². The second kappa shape index (κ2) is 5.76. The fourth-order valence-electron chi connectivity index (χ4n) is 3.02. The van der Waals surface area contributed by atoms with Crippen molar-refractivity contribution in [3.63, 3.8) is 0 Å². The Morgan fingerprint density at radius 2 is 2.05 bits per heavy atom. The third-order valence-corrected chi connectivity index (χ3v) is 4.29. The molecule has 2 aliphatic rings. The summed E-state index contributed by atoms with van der Waals surface area (Å²) in [5.41, 5.74) is -0.0322. The van der Waals surface area contributed by atoms with Crippen LogP contribution in [-0.2, 0) is 0 Å². The number of rotatable bonds is 6. The molecule has 2 aliphatic carbocycles. The van der Waals surface area contributed by atoms with E-state index in [9.17, 15) is 4.79 Å². The number of hydrogen-bond donors (Lipinski definition) is 2. The highest BCUT2D eigenvalue weighted by molar-refractivity contribution is 5.33. The molecule has 1 heterocycles. The van der Waals surface area contributed by atoms with Gasteiger partial charge in [-0.1, -0.05) is 25.7 Å². The summed E-state index contributed by atoms with van der Waals surface area (Å²) in [5.74, 6) is 3.05. The average Bonchev–Trinajstić information content (AvgIpc) is 3.12. The molecule has 0 unspecified atom stereocenters. The Labute approximate surface area is 114 Å². The van der Waals surface area contributed by atoms with Crippen LogP contribution in [0.1, 0.15) is 63.1 Å². The van der Waals surface area contributed by atoms with Gasteiger partial charge in [0.1, 0.15) is 11.6 Å². The highest BCUT2D eigenvalue weighted by Gasteiger charge is 2.26. The van der Waals surface area contributed by atoms with Crippen LogP contribution in [0.4, 0.5) is 5.82 Å². The van der Waals surface area contributed by atoms with Crippen molar-refractivity contribution in [2.75, 3.05) is 11.9 Å². The minimum absolute atomic E-state index is 0.0322. The minimum atomic E-state index is -0.0322. The van der Waals surface area contributed by atoms with Gasteiger partial charge in [0, 0.05) is 18.5 Å². The molecule has 1 aromatic heterocycles. The zero-order valence-corrected chi connectivity index (χ0v) is 11.5.